The van der Waals surface area contributed by atoms with Crippen LogP contribution in [0, 0.1) is 11.7 Å². The molecule has 0 bridgehead atoms. The number of hydrogen-bond donors (Lipinski definition) is 2. The van der Waals surface area contributed by atoms with E-state index >= 15 is 4.39 Å². The summed E-state index contributed by atoms with van der Waals surface area (Å²) in [7, 11) is 6.41. The van der Waals surface area contributed by atoms with Crippen molar-refractivity contribution in [2.24, 2.45) is 5.92 Å². The van der Waals surface area contributed by atoms with Gasteiger partial charge in [-0.25, -0.2) is 19.0 Å². The first-order valence-corrected chi connectivity index (χ1v) is 15.4. The van der Waals surface area contributed by atoms with E-state index in [0.717, 1.165) is 31.5 Å². The van der Waals surface area contributed by atoms with Gasteiger partial charge in [-0.05, 0) is 68.9 Å². The summed E-state index contributed by atoms with van der Waals surface area (Å²) < 4.78 is 42.0. The van der Waals surface area contributed by atoms with Crippen LogP contribution >= 0.6 is 0 Å². The molecule has 1 aromatic heterocycles. The van der Waals surface area contributed by atoms with Crippen LogP contribution < -0.4 is 29.6 Å². The lowest BCUT2D eigenvalue weighted by atomic mass is 10.00. The lowest BCUT2D eigenvalue weighted by Gasteiger charge is -2.29. The smallest absolute Gasteiger partial charge is 0.418 e. The zero-order valence-electron chi connectivity index (χ0n) is 27.2. The number of rotatable bonds is 12. The van der Waals surface area contributed by atoms with Crippen LogP contribution in [0.1, 0.15) is 34.3 Å². The van der Waals surface area contributed by atoms with Gasteiger partial charge in [0.1, 0.15) is 28.6 Å². The number of esters is 1. The molecule has 1 atom stereocenters. The average molecular weight is 660 g/mol. The first-order chi connectivity index (χ1) is 23.3. The van der Waals surface area contributed by atoms with Crippen molar-refractivity contribution in [1.82, 2.24) is 14.9 Å². The highest BCUT2D eigenvalue weighted by molar-refractivity contribution is 5.94. The molecule has 1 amide bonds. The number of nitrogens with zero attached hydrogens (tertiary/aromatic N) is 3. The predicted molar refractivity (Wildman–Crippen MR) is 177 cm³/mol. The molecule has 252 valence electrons. The van der Waals surface area contributed by atoms with Crippen LogP contribution in [0.25, 0.3) is 0 Å². The Balaban J connectivity index is 1.37. The van der Waals surface area contributed by atoms with Gasteiger partial charge in [0.25, 0.3) is 0 Å². The Labute approximate surface area is 278 Å². The van der Waals surface area contributed by atoms with Gasteiger partial charge in [-0.1, -0.05) is 12.1 Å². The van der Waals surface area contributed by atoms with E-state index in [0.29, 0.717) is 35.3 Å². The van der Waals surface area contributed by atoms with Crippen molar-refractivity contribution >= 4 is 29.5 Å². The Kier molecular flexibility index (Phi) is 11.2. The fourth-order valence-corrected chi connectivity index (χ4v) is 5.43. The number of carbonyl (C=O) groups is 2. The van der Waals surface area contributed by atoms with E-state index in [9.17, 15) is 9.59 Å². The number of amides is 1. The SMILES string of the molecule is COC(=O)c1ccccc1OC(=O)Nc1nc(Nc2ccc(OCC3CCCN(C)C3)c(F)c2)ncc1Cc1cc(OC)ccc1OC. The monoisotopic (exact) mass is 659 g/mol. The molecule has 5 rings (SSSR count). The normalized spacial score (nSPS) is 14.5. The Bertz CT molecular complexity index is 1750. The number of nitrogens with one attached hydrogen (secondary N) is 2. The molecule has 0 radical (unpaired) electrons. The van der Waals surface area contributed by atoms with Crippen LogP contribution in [0.15, 0.2) is 66.9 Å². The third-order valence-electron chi connectivity index (χ3n) is 7.83. The Hall–Kier alpha value is -5.43. The molecule has 1 aliphatic rings. The van der Waals surface area contributed by atoms with E-state index in [-0.39, 0.29) is 35.2 Å². The lowest BCUT2D eigenvalue weighted by molar-refractivity contribution is 0.0598. The summed E-state index contributed by atoms with van der Waals surface area (Å²) in [6, 6.07) is 16.0. The van der Waals surface area contributed by atoms with Crippen molar-refractivity contribution in [2.45, 2.75) is 19.3 Å². The van der Waals surface area contributed by atoms with Gasteiger partial charge in [-0.2, -0.15) is 4.98 Å². The van der Waals surface area contributed by atoms with E-state index in [1.54, 1.807) is 56.7 Å². The number of piperidine rings is 1. The second-order valence-corrected chi connectivity index (χ2v) is 11.3. The van der Waals surface area contributed by atoms with E-state index in [1.807, 2.05) is 0 Å². The van der Waals surface area contributed by atoms with Crippen LogP contribution in [-0.2, 0) is 11.2 Å². The first-order valence-electron chi connectivity index (χ1n) is 15.4. The molecule has 48 heavy (non-hydrogen) atoms. The molecule has 2 heterocycles. The highest BCUT2D eigenvalue weighted by Gasteiger charge is 2.20. The van der Waals surface area contributed by atoms with Crippen molar-refractivity contribution in [1.29, 1.82) is 0 Å². The summed E-state index contributed by atoms with van der Waals surface area (Å²) in [5.74, 6) is 0.700. The highest BCUT2D eigenvalue weighted by Crippen LogP contribution is 2.30. The molecule has 0 spiro atoms. The molecular weight excluding hydrogens is 621 g/mol. The maximum absolute atomic E-state index is 15.1. The summed E-state index contributed by atoms with van der Waals surface area (Å²) >= 11 is 0. The summed E-state index contributed by atoms with van der Waals surface area (Å²) in [5, 5.41) is 5.64. The minimum absolute atomic E-state index is 0.00133. The molecule has 0 aliphatic carbocycles. The second kappa shape index (κ2) is 15.9. The van der Waals surface area contributed by atoms with Gasteiger partial charge < -0.3 is 33.9 Å². The van der Waals surface area contributed by atoms with Gasteiger partial charge in [0, 0.05) is 48.0 Å². The zero-order chi connectivity index (χ0) is 34.0. The summed E-state index contributed by atoms with van der Waals surface area (Å²) in [6.07, 6.45) is 3.00. The molecular formula is C35H38FN5O7. The number of methoxy groups -OCH3 is 3. The fraction of sp³-hybridized carbons (Fsp3) is 0.314. The minimum atomic E-state index is -0.911. The first kappa shape index (κ1) is 33.9. The largest absolute Gasteiger partial charge is 0.497 e. The molecule has 12 nitrogen and oxygen atoms in total. The molecule has 3 aromatic carbocycles. The summed E-state index contributed by atoms with van der Waals surface area (Å²) in [5.41, 5.74) is 1.70. The molecule has 0 saturated carbocycles. The number of hydrogen-bond acceptors (Lipinski definition) is 11. The summed E-state index contributed by atoms with van der Waals surface area (Å²) in [6.45, 7) is 2.41. The van der Waals surface area contributed by atoms with Gasteiger partial charge in [-0.15, -0.1) is 0 Å². The van der Waals surface area contributed by atoms with Crippen molar-refractivity contribution in [2.75, 3.05) is 58.7 Å². The number of para-hydroxylation sites is 1. The van der Waals surface area contributed by atoms with Gasteiger partial charge in [-0.3, -0.25) is 5.32 Å². The maximum atomic E-state index is 15.1. The number of halogens is 1. The van der Waals surface area contributed by atoms with E-state index < -0.39 is 17.9 Å². The standard InChI is InChI=1S/C35H38FN5O7/c1-41-15-7-8-22(20-41)21-47-31-13-11-25(18-28(31)36)38-34-37-19-24(16-23-17-26(44-2)12-14-29(23)45-3)32(39-34)40-35(43)48-30-10-6-5-9-27(30)33(42)46-4/h5-6,9-14,17-19,22H,7-8,15-16,20-21H2,1-4H3,(H2,37,38,39,40,43). The Morgan fingerprint density at radius 1 is 0.979 bits per heavy atom. The maximum Gasteiger partial charge on any atom is 0.418 e. The minimum Gasteiger partial charge on any atom is -0.497 e. The number of anilines is 3. The highest BCUT2D eigenvalue weighted by atomic mass is 19.1. The van der Waals surface area contributed by atoms with Gasteiger partial charge >= 0.3 is 12.1 Å². The molecule has 13 heteroatoms. The van der Waals surface area contributed by atoms with Gasteiger partial charge in [0.05, 0.1) is 27.9 Å². The van der Waals surface area contributed by atoms with Crippen molar-refractivity contribution < 1.29 is 37.7 Å². The molecule has 1 saturated heterocycles. The van der Waals surface area contributed by atoms with E-state index in [2.05, 4.69) is 32.5 Å². The molecule has 2 N–H and O–H groups in total. The lowest BCUT2D eigenvalue weighted by Crippen LogP contribution is -2.34. The van der Waals surface area contributed by atoms with Crippen LogP contribution in [-0.4, -0.2) is 75.0 Å². The van der Waals surface area contributed by atoms with Crippen molar-refractivity contribution in [3.05, 3.63) is 89.4 Å². The quantitative estimate of drug-likeness (QED) is 0.171. The van der Waals surface area contributed by atoms with Crippen LogP contribution in [0.3, 0.4) is 0 Å². The third kappa shape index (κ3) is 8.68. The average Bonchev–Trinajstić information content (AvgIpc) is 3.09. The zero-order valence-corrected chi connectivity index (χ0v) is 27.2. The third-order valence-corrected chi connectivity index (χ3v) is 7.83. The number of likely N-dealkylation sites (tertiary alicyclic amines) is 1. The predicted octanol–water partition coefficient (Wildman–Crippen LogP) is 6.09. The van der Waals surface area contributed by atoms with Crippen LogP contribution in [0.2, 0.25) is 0 Å². The van der Waals surface area contributed by atoms with Gasteiger partial charge in [0.15, 0.2) is 11.6 Å². The van der Waals surface area contributed by atoms with E-state index in [4.69, 9.17) is 23.7 Å². The summed E-state index contributed by atoms with van der Waals surface area (Å²) in [4.78, 5) is 36.5. The Morgan fingerprint density at radius 3 is 2.54 bits per heavy atom. The molecule has 4 aromatic rings. The number of benzene rings is 3. The fourth-order valence-electron chi connectivity index (χ4n) is 5.43. The van der Waals surface area contributed by atoms with Crippen LogP contribution in [0.4, 0.5) is 26.6 Å². The topological polar surface area (TPSA) is 133 Å². The number of aromatic nitrogens is 2. The number of carbonyl (C=O) groups excluding carboxylic acids is 2. The molecule has 1 aliphatic heterocycles. The number of ether oxygens (including phenoxy) is 5. The van der Waals surface area contributed by atoms with Gasteiger partial charge in [0.2, 0.25) is 5.95 Å². The van der Waals surface area contributed by atoms with E-state index in [1.165, 1.54) is 31.5 Å². The molecule has 1 unspecified atom stereocenters. The second-order valence-electron chi connectivity index (χ2n) is 11.3. The van der Waals surface area contributed by atoms with Crippen LogP contribution in [0.5, 0.6) is 23.0 Å². The van der Waals surface area contributed by atoms with Crippen molar-refractivity contribution in [3.63, 3.8) is 0 Å². The molecule has 1 fully saturated rings. The van der Waals surface area contributed by atoms with Crippen molar-refractivity contribution in [3.8, 4) is 23.0 Å². The Morgan fingerprint density at radius 2 is 1.79 bits per heavy atom.